The molecular weight excluding hydrogens is 154 g/mol. The lowest BCUT2D eigenvalue weighted by molar-refractivity contribution is -0.194. The van der Waals surface area contributed by atoms with Crippen LogP contribution in [0.25, 0.3) is 0 Å². The highest BCUT2D eigenvalue weighted by molar-refractivity contribution is 5.38. The molecule has 12 heavy (non-hydrogen) atoms. The van der Waals surface area contributed by atoms with E-state index in [2.05, 4.69) is 0 Å². The maximum Gasteiger partial charge on any atom is 0.171 e. The van der Waals surface area contributed by atoms with Gasteiger partial charge in [0.2, 0.25) is 0 Å². The fraction of sp³-hybridized carbons (Fsp3) is 0.333. The second kappa shape index (κ2) is 3.13. The molecule has 0 saturated heterocycles. The summed E-state index contributed by atoms with van der Waals surface area (Å²) in [4.78, 5) is 9.73. The minimum atomic E-state index is 0.416. The van der Waals surface area contributed by atoms with Crippen molar-refractivity contribution in [2.24, 2.45) is 0 Å². The van der Waals surface area contributed by atoms with Crippen molar-refractivity contribution in [1.29, 1.82) is 0 Å². The van der Waals surface area contributed by atoms with Crippen LogP contribution in [0.4, 0.5) is 0 Å². The summed E-state index contributed by atoms with van der Waals surface area (Å²) in [6, 6.07) is 5.95. The Kier molecular flexibility index (Phi) is 1.98. The van der Waals surface area contributed by atoms with Crippen LogP contribution in [0.5, 0.6) is 5.75 Å². The second-order valence-corrected chi connectivity index (χ2v) is 2.79. The van der Waals surface area contributed by atoms with Gasteiger partial charge in [0.05, 0.1) is 0 Å². The largest absolute Gasteiger partial charge is 0.337 e. The molecule has 0 saturated carbocycles. The molecular formula is C9H10NO2. The van der Waals surface area contributed by atoms with Crippen molar-refractivity contribution in [2.75, 3.05) is 6.54 Å². The number of benzene rings is 1. The van der Waals surface area contributed by atoms with Gasteiger partial charge >= 0.3 is 0 Å². The zero-order chi connectivity index (χ0) is 8.39. The van der Waals surface area contributed by atoms with Crippen LogP contribution in [0.2, 0.25) is 0 Å². The molecule has 0 aliphatic carbocycles. The van der Waals surface area contributed by atoms with Crippen LogP contribution in [0.15, 0.2) is 18.2 Å². The maximum atomic E-state index is 7.06. The normalized spacial score (nSPS) is 14.1. The lowest BCUT2D eigenvalue weighted by Gasteiger charge is -1.99. The van der Waals surface area contributed by atoms with Crippen molar-refractivity contribution in [3.05, 3.63) is 29.3 Å². The molecule has 1 aliphatic heterocycles. The van der Waals surface area contributed by atoms with Gasteiger partial charge in [-0.05, 0) is 18.1 Å². The smallest absolute Gasteiger partial charge is 0.171 e. The van der Waals surface area contributed by atoms with Gasteiger partial charge in [0, 0.05) is 12.1 Å². The molecule has 0 atom stereocenters. The molecule has 1 aromatic carbocycles. The fourth-order valence-electron chi connectivity index (χ4n) is 1.25. The van der Waals surface area contributed by atoms with Gasteiger partial charge in [-0.2, -0.15) is 4.89 Å². The van der Waals surface area contributed by atoms with Gasteiger partial charge in [-0.1, -0.05) is 12.1 Å². The lowest BCUT2D eigenvalue weighted by atomic mass is 10.1. The predicted molar refractivity (Wildman–Crippen MR) is 43.5 cm³/mol. The highest BCUT2D eigenvalue weighted by Gasteiger charge is 2.13. The van der Waals surface area contributed by atoms with E-state index < -0.39 is 0 Å². The second-order valence-electron chi connectivity index (χ2n) is 2.79. The van der Waals surface area contributed by atoms with Crippen LogP contribution in [0.3, 0.4) is 0 Å². The van der Waals surface area contributed by atoms with Crippen molar-refractivity contribution in [2.45, 2.75) is 13.0 Å². The van der Waals surface area contributed by atoms with Crippen LogP contribution in [-0.4, -0.2) is 6.54 Å². The Morgan fingerprint density at radius 1 is 1.42 bits per heavy atom. The number of fused-ring (bicyclic) bond motifs is 1. The van der Waals surface area contributed by atoms with E-state index in [1.54, 1.807) is 0 Å². The Morgan fingerprint density at radius 3 is 3.17 bits per heavy atom. The third-order valence-corrected chi connectivity index (χ3v) is 1.91. The molecule has 1 heterocycles. The molecule has 63 valence electrons. The van der Waals surface area contributed by atoms with Gasteiger partial charge < -0.3 is 4.89 Å². The zero-order valence-electron chi connectivity index (χ0n) is 6.67. The molecule has 3 nitrogen and oxygen atoms in total. The molecule has 0 unspecified atom stereocenters. The molecule has 2 rings (SSSR count). The molecule has 0 aromatic heterocycles. The van der Waals surface area contributed by atoms with E-state index in [0.717, 1.165) is 23.3 Å². The molecule has 1 aromatic rings. The van der Waals surface area contributed by atoms with Crippen molar-refractivity contribution in [3.63, 3.8) is 0 Å². The van der Waals surface area contributed by atoms with E-state index in [0.29, 0.717) is 13.2 Å². The van der Waals surface area contributed by atoms with E-state index in [9.17, 15) is 0 Å². The third kappa shape index (κ3) is 1.29. The molecule has 0 bridgehead atoms. The first-order valence-electron chi connectivity index (χ1n) is 3.96. The first kappa shape index (κ1) is 7.58. The number of nitrogens with one attached hydrogen (secondary N) is 1. The summed E-state index contributed by atoms with van der Waals surface area (Å²) >= 11 is 0. The Hall–Kier alpha value is -1.06. The molecule has 0 fully saturated rings. The highest BCUT2D eigenvalue weighted by Crippen LogP contribution is 2.26. The van der Waals surface area contributed by atoms with E-state index in [1.165, 1.54) is 0 Å². The Morgan fingerprint density at radius 2 is 2.33 bits per heavy atom. The van der Waals surface area contributed by atoms with Gasteiger partial charge in [-0.25, -0.2) is 0 Å². The fourth-order valence-corrected chi connectivity index (χ4v) is 1.25. The van der Waals surface area contributed by atoms with Crippen molar-refractivity contribution in [3.8, 4) is 5.75 Å². The monoisotopic (exact) mass is 164 g/mol. The molecule has 1 aliphatic rings. The van der Waals surface area contributed by atoms with E-state index in [1.807, 2.05) is 18.2 Å². The maximum absolute atomic E-state index is 7.06. The summed E-state index contributed by atoms with van der Waals surface area (Å²) in [6.45, 7) is 0.954. The lowest BCUT2D eigenvalue weighted by Crippen LogP contribution is -1.92. The number of rotatable bonds is 2. The summed E-state index contributed by atoms with van der Waals surface area (Å²) in [6.07, 6.45) is 0.774. The minimum Gasteiger partial charge on any atom is -0.337 e. The molecule has 0 spiro atoms. The van der Waals surface area contributed by atoms with Crippen molar-refractivity contribution < 1.29 is 9.78 Å². The third-order valence-electron chi connectivity index (χ3n) is 1.91. The van der Waals surface area contributed by atoms with Gasteiger partial charge in [-0.15, -0.1) is 0 Å². The van der Waals surface area contributed by atoms with Crippen molar-refractivity contribution in [1.82, 2.24) is 5.73 Å². The summed E-state index contributed by atoms with van der Waals surface area (Å²) in [7, 11) is 0. The van der Waals surface area contributed by atoms with Crippen molar-refractivity contribution >= 4 is 0 Å². The van der Waals surface area contributed by atoms with E-state index >= 15 is 0 Å². The van der Waals surface area contributed by atoms with E-state index in [4.69, 9.17) is 15.5 Å². The Balaban J connectivity index is 2.26. The molecule has 1 radical (unpaired) electrons. The molecule has 1 N–H and O–H groups in total. The van der Waals surface area contributed by atoms with Gasteiger partial charge in [-0.3, -0.25) is 5.73 Å². The topological polar surface area (TPSA) is 42.3 Å². The minimum absolute atomic E-state index is 0.416. The van der Waals surface area contributed by atoms with Crippen LogP contribution >= 0.6 is 0 Å². The zero-order valence-corrected chi connectivity index (χ0v) is 6.67. The van der Waals surface area contributed by atoms with Crippen LogP contribution in [0.1, 0.15) is 11.1 Å². The highest BCUT2D eigenvalue weighted by atomic mass is 17.2. The SMILES string of the molecule is [NH]CCc1ccc2c(c1)OOC2. The summed E-state index contributed by atoms with van der Waals surface area (Å²) in [5.74, 6) is 0.806. The van der Waals surface area contributed by atoms with Gasteiger partial charge in [0.15, 0.2) is 5.75 Å². The predicted octanol–water partition coefficient (Wildman–Crippen LogP) is 1.34. The van der Waals surface area contributed by atoms with E-state index in [-0.39, 0.29) is 0 Å². The Labute approximate surface area is 71.0 Å². The molecule has 3 heteroatoms. The van der Waals surface area contributed by atoms with Crippen LogP contribution in [0, 0.1) is 0 Å². The van der Waals surface area contributed by atoms with Crippen LogP contribution in [-0.2, 0) is 17.9 Å². The van der Waals surface area contributed by atoms with Crippen LogP contribution < -0.4 is 10.6 Å². The first-order chi connectivity index (χ1) is 5.90. The first-order valence-corrected chi connectivity index (χ1v) is 3.96. The average Bonchev–Trinajstić information content (AvgIpc) is 2.51. The van der Waals surface area contributed by atoms with Gasteiger partial charge in [0.1, 0.15) is 6.61 Å². The average molecular weight is 164 g/mol. The summed E-state index contributed by atoms with van der Waals surface area (Å²) in [5, 5.41) is 0. The Bertz CT molecular complexity index is 286. The van der Waals surface area contributed by atoms with Gasteiger partial charge in [0.25, 0.3) is 0 Å². The standard InChI is InChI=1S/C9H10NO2/c10-4-3-7-1-2-8-6-11-12-9(8)5-7/h1-2,5,10H,3-4,6H2. The molecule has 0 amide bonds. The quantitative estimate of drug-likeness (QED) is 0.619. The summed E-state index contributed by atoms with van der Waals surface area (Å²) < 4.78 is 0. The number of hydrogen-bond acceptors (Lipinski definition) is 2. The number of hydrogen-bond donors (Lipinski definition) is 0. The summed E-state index contributed by atoms with van der Waals surface area (Å²) in [5.41, 5.74) is 9.29.